The van der Waals surface area contributed by atoms with Crippen LogP contribution in [-0.4, -0.2) is 41.8 Å². The second-order valence-corrected chi connectivity index (χ2v) is 10.3. The molecular weight excluding hydrogens is 523 g/mol. The number of nitrogens with one attached hydrogen (secondary N) is 2. The van der Waals surface area contributed by atoms with E-state index in [0.29, 0.717) is 33.5 Å². The average Bonchev–Trinajstić information content (AvgIpc) is 3.41. The van der Waals surface area contributed by atoms with Gasteiger partial charge in [-0.3, -0.25) is 0 Å². The van der Waals surface area contributed by atoms with Crippen LogP contribution in [0.1, 0.15) is 32.9 Å². The quantitative estimate of drug-likeness (QED) is 0.229. The molecule has 35 heavy (non-hydrogen) atoms. The van der Waals surface area contributed by atoms with Gasteiger partial charge in [-0.05, 0) is 6.07 Å². The van der Waals surface area contributed by atoms with Gasteiger partial charge in [-0.2, -0.15) is 0 Å². The van der Waals surface area contributed by atoms with Crippen molar-refractivity contribution in [2.75, 3.05) is 11.9 Å². The van der Waals surface area contributed by atoms with Crippen molar-refractivity contribution in [3.8, 4) is 0 Å². The van der Waals surface area contributed by atoms with Crippen molar-refractivity contribution in [1.29, 1.82) is 0 Å². The second kappa shape index (κ2) is 8.79. The van der Waals surface area contributed by atoms with Gasteiger partial charge in [0, 0.05) is 0 Å². The van der Waals surface area contributed by atoms with Crippen molar-refractivity contribution in [3.05, 3.63) is 86.5 Å². The number of hydrogen-bond acceptors (Lipinski definition) is 4. The Kier molecular flexibility index (Phi) is 5.78. The third-order valence-corrected chi connectivity index (χ3v) is 8.24. The minimum atomic E-state index is -0.564. The molecule has 0 radical (unpaired) electrons. The maximum atomic E-state index is 14.0. The molecule has 0 atom stereocenters. The first-order chi connectivity index (χ1) is 16.7. The van der Waals surface area contributed by atoms with Crippen LogP contribution in [-0.2, 0) is 16.1 Å². The van der Waals surface area contributed by atoms with E-state index in [-0.39, 0.29) is 44.7 Å². The number of halogens is 2. The van der Waals surface area contributed by atoms with Crippen molar-refractivity contribution in [2.45, 2.75) is 20.4 Å². The van der Waals surface area contributed by atoms with Crippen molar-refractivity contribution < 1.29 is 23.1 Å². The number of fused-ring (bicyclic) bond motifs is 2. The van der Waals surface area contributed by atoms with Gasteiger partial charge in [-0.25, -0.2) is 4.39 Å². The van der Waals surface area contributed by atoms with Crippen molar-refractivity contribution >= 4 is 53.6 Å². The van der Waals surface area contributed by atoms with Crippen LogP contribution in [0.3, 0.4) is 0 Å². The Hall–Kier alpha value is -3.75. The molecule has 7 nitrogen and oxygen atoms in total. The van der Waals surface area contributed by atoms with Gasteiger partial charge in [0.2, 0.25) is 0 Å². The van der Waals surface area contributed by atoms with Crippen LogP contribution in [0.4, 0.5) is 14.5 Å². The fraction of sp³-hybridized carbons (Fsp3) is 0.160. The first-order valence-electron chi connectivity index (χ1n) is 10.7. The Labute approximate surface area is 204 Å². The van der Waals surface area contributed by atoms with E-state index in [9.17, 15) is 23.2 Å². The number of benzene rings is 2. The molecule has 0 fully saturated rings. The SMILES string of the molecule is Cc1[nH]c(/C=C2/C(=O)Nc3c(F)cccc32)c(C)c1C(=O)OCCn1[se]c2ccc(F)cc2c1=O. The molecule has 1 aliphatic rings. The zero-order valence-electron chi connectivity index (χ0n) is 18.7. The van der Waals surface area contributed by atoms with Gasteiger partial charge in [0.15, 0.2) is 0 Å². The molecular formula is C25H19F2N3O4Se. The number of carbonyl (C=O) groups is 2. The molecule has 5 rings (SSSR count). The van der Waals surface area contributed by atoms with E-state index in [1.165, 1.54) is 24.3 Å². The zero-order chi connectivity index (χ0) is 24.9. The average molecular weight is 542 g/mol. The number of esters is 1. The third-order valence-electron chi connectivity index (χ3n) is 5.89. The van der Waals surface area contributed by atoms with E-state index in [0.717, 1.165) is 4.26 Å². The summed E-state index contributed by atoms with van der Waals surface area (Å²) in [6.07, 6.45) is 1.58. The topological polar surface area (TPSA) is 93.2 Å². The van der Waals surface area contributed by atoms with Crippen molar-refractivity contribution in [1.82, 2.24) is 8.55 Å². The number of aromatic amines is 1. The molecule has 0 saturated heterocycles. The van der Waals surface area contributed by atoms with E-state index in [4.69, 9.17) is 4.74 Å². The number of aromatic nitrogens is 2. The molecule has 2 aromatic heterocycles. The molecule has 178 valence electrons. The molecule has 4 aromatic rings. The van der Waals surface area contributed by atoms with E-state index in [1.54, 1.807) is 35.6 Å². The van der Waals surface area contributed by atoms with Gasteiger partial charge in [-0.1, -0.05) is 6.07 Å². The molecule has 2 aromatic carbocycles. The number of nitrogens with zero attached hydrogens (tertiary/aromatic N) is 1. The van der Waals surface area contributed by atoms with Gasteiger partial charge in [0.05, 0.1) is 0 Å². The summed E-state index contributed by atoms with van der Waals surface area (Å²) in [6, 6.07) is 8.61. The molecule has 10 heteroatoms. The van der Waals surface area contributed by atoms with Crippen LogP contribution in [0.5, 0.6) is 0 Å². The number of carbonyl (C=O) groups excluding carboxylic acids is 2. The third kappa shape index (κ3) is 4.05. The van der Waals surface area contributed by atoms with E-state index in [1.807, 2.05) is 0 Å². The first kappa shape index (κ1) is 23.0. The summed E-state index contributed by atoms with van der Waals surface area (Å²) >= 11 is -0.302. The van der Waals surface area contributed by atoms with Gasteiger partial charge < -0.3 is 0 Å². The number of rotatable bonds is 5. The normalized spacial score (nSPS) is 13.9. The summed E-state index contributed by atoms with van der Waals surface area (Å²) in [5.41, 5.74) is 2.60. The fourth-order valence-corrected chi connectivity index (χ4v) is 6.19. The van der Waals surface area contributed by atoms with E-state index >= 15 is 0 Å². The Morgan fingerprint density at radius 2 is 1.97 bits per heavy atom. The summed E-state index contributed by atoms with van der Waals surface area (Å²) in [5, 5.41) is 2.88. The number of H-pyrrole nitrogens is 1. The first-order valence-corrected chi connectivity index (χ1v) is 12.3. The molecule has 1 amide bonds. The zero-order valence-corrected chi connectivity index (χ0v) is 20.4. The number of aryl methyl sites for hydroxylation is 1. The monoisotopic (exact) mass is 543 g/mol. The number of anilines is 1. The molecule has 1 aliphatic heterocycles. The molecule has 3 heterocycles. The molecule has 0 aliphatic carbocycles. The van der Waals surface area contributed by atoms with Gasteiger partial charge in [0.1, 0.15) is 5.82 Å². The second-order valence-electron chi connectivity index (χ2n) is 8.11. The molecule has 0 unspecified atom stereocenters. The predicted octanol–water partition coefficient (Wildman–Crippen LogP) is 3.63. The van der Waals surface area contributed by atoms with Crippen LogP contribution < -0.4 is 10.9 Å². The van der Waals surface area contributed by atoms with Crippen LogP contribution in [0, 0.1) is 25.5 Å². The summed E-state index contributed by atoms with van der Waals surface area (Å²) in [4.78, 5) is 40.8. The molecule has 2 N–H and O–H groups in total. The summed E-state index contributed by atoms with van der Waals surface area (Å²) in [7, 11) is 0. The number of hydrogen-bond donors (Lipinski definition) is 2. The van der Waals surface area contributed by atoms with E-state index < -0.39 is 23.5 Å². The predicted molar refractivity (Wildman–Crippen MR) is 129 cm³/mol. The van der Waals surface area contributed by atoms with Crippen molar-refractivity contribution in [2.24, 2.45) is 0 Å². The van der Waals surface area contributed by atoms with Crippen LogP contribution >= 0.6 is 0 Å². The van der Waals surface area contributed by atoms with Crippen LogP contribution in [0.25, 0.3) is 21.3 Å². The minimum absolute atomic E-state index is 0.0155. The Morgan fingerprint density at radius 1 is 1.17 bits per heavy atom. The van der Waals surface area contributed by atoms with Gasteiger partial charge >= 0.3 is 182 Å². The fourth-order valence-electron chi connectivity index (χ4n) is 4.18. The maximum absolute atomic E-state index is 14.0. The number of para-hydroxylation sites is 1. The summed E-state index contributed by atoms with van der Waals surface area (Å²) < 4.78 is 35.3. The van der Waals surface area contributed by atoms with Gasteiger partial charge in [0.25, 0.3) is 0 Å². The molecule has 0 saturated carbocycles. The van der Waals surface area contributed by atoms with E-state index in [2.05, 4.69) is 10.3 Å². The van der Waals surface area contributed by atoms with Crippen LogP contribution in [0.2, 0.25) is 0 Å². The summed E-state index contributed by atoms with van der Waals surface area (Å²) in [6.45, 7) is 3.62. The Balaban J connectivity index is 1.34. The van der Waals surface area contributed by atoms with Crippen LogP contribution in [0.15, 0.2) is 41.2 Å². The standard InChI is InChI=1S/C25H19F2N3O4Se/c1-12-19(11-16-15-4-3-5-18(27)22(15)29-23(16)31)28-13(2)21(12)25(33)34-9-8-30-24(32)17-10-14(26)6-7-20(17)35-30/h3-7,10-11,28H,8-9H2,1-2H3,(H,29,31)/b16-11+. The number of amides is 1. The Morgan fingerprint density at radius 3 is 2.77 bits per heavy atom. The summed E-state index contributed by atoms with van der Waals surface area (Å²) in [5.74, 6) is -1.98. The van der Waals surface area contributed by atoms with Gasteiger partial charge in [-0.15, -0.1) is 0 Å². The molecule has 0 spiro atoms. The Bertz CT molecular complexity index is 1610. The number of ether oxygens (including phenoxy) is 1. The van der Waals surface area contributed by atoms with Crippen molar-refractivity contribution in [3.63, 3.8) is 0 Å². The molecule has 0 bridgehead atoms.